The molecular formula is C25H34N4O5S2. The number of nitrogens with zero attached hydrogens (tertiary/aromatic N) is 3. The van der Waals surface area contributed by atoms with Crippen molar-refractivity contribution in [1.29, 1.82) is 0 Å². The first-order valence-corrected chi connectivity index (χ1v) is 15.2. The lowest BCUT2D eigenvalue weighted by molar-refractivity contribution is -0.116. The van der Waals surface area contributed by atoms with Crippen LogP contribution in [0.15, 0.2) is 64.4 Å². The van der Waals surface area contributed by atoms with E-state index in [4.69, 9.17) is 0 Å². The zero-order chi connectivity index (χ0) is 25.8. The van der Waals surface area contributed by atoms with Gasteiger partial charge in [0.15, 0.2) is 0 Å². The van der Waals surface area contributed by atoms with Gasteiger partial charge in [0.05, 0.1) is 16.3 Å². The van der Waals surface area contributed by atoms with Crippen LogP contribution in [-0.4, -0.2) is 82.1 Å². The average Bonchev–Trinajstić information content (AvgIpc) is 2.89. The van der Waals surface area contributed by atoms with Gasteiger partial charge in [-0.05, 0) is 56.3 Å². The number of likely N-dealkylation sites (N-methyl/N-ethyl adjacent to an activating group) is 1. The molecule has 2 aromatic rings. The monoisotopic (exact) mass is 534 g/mol. The van der Waals surface area contributed by atoms with E-state index < -0.39 is 26.0 Å². The maximum atomic E-state index is 13.4. The fourth-order valence-electron chi connectivity index (χ4n) is 4.74. The summed E-state index contributed by atoms with van der Waals surface area (Å²) in [6, 6.07) is 14.0. The van der Waals surface area contributed by atoms with Crippen molar-refractivity contribution in [1.82, 2.24) is 13.5 Å². The van der Waals surface area contributed by atoms with E-state index in [0.29, 0.717) is 31.9 Å². The summed E-state index contributed by atoms with van der Waals surface area (Å²) < 4.78 is 55.5. The van der Waals surface area contributed by atoms with Gasteiger partial charge < -0.3 is 10.2 Å². The molecule has 1 saturated carbocycles. The first kappa shape index (κ1) is 26.7. The SMILES string of the molecule is CN1CCN(S(=O)(=O)c2ccc(NC(=O)CN(C3CCCCC3)S(=O)(=O)c3ccccc3)cc2)CC1. The summed E-state index contributed by atoms with van der Waals surface area (Å²) in [5, 5.41) is 2.74. The fourth-order valence-corrected chi connectivity index (χ4v) is 7.82. The molecule has 1 amide bonds. The van der Waals surface area contributed by atoms with Crippen molar-refractivity contribution in [3.8, 4) is 0 Å². The van der Waals surface area contributed by atoms with Gasteiger partial charge in [-0.2, -0.15) is 8.61 Å². The van der Waals surface area contributed by atoms with Gasteiger partial charge in [0.2, 0.25) is 26.0 Å². The molecule has 0 radical (unpaired) electrons. The maximum Gasteiger partial charge on any atom is 0.243 e. The van der Waals surface area contributed by atoms with Crippen molar-refractivity contribution in [2.45, 2.75) is 47.9 Å². The van der Waals surface area contributed by atoms with Crippen molar-refractivity contribution < 1.29 is 21.6 Å². The van der Waals surface area contributed by atoms with E-state index in [9.17, 15) is 21.6 Å². The lowest BCUT2D eigenvalue weighted by atomic mass is 9.95. The number of anilines is 1. The molecule has 2 aliphatic rings. The van der Waals surface area contributed by atoms with Crippen molar-refractivity contribution in [3.63, 3.8) is 0 Å². The first-order chi connectivity index (χ1) is 17.2. The standard InChI is InChI=1S/C25H34N4O5S2/c1-27-16-18-28(19-17-27)35(31,32)24-14-12-21(13-15-24)26-25(30)20-29(22-8-4-2-5-9-22)36(33,34)23-10-6-3-7-11-23/h3,6-7,10-15,22H,2,4-5,8-9,16-20H2,1H3,(H,26,30). The quantitative estimate of drug-likeness (QED) is 0.558. The molecular weight excluding hydrogens is 500 g/mol. The molecule has 36 heavy (non-hydrogen) atoms. The Hall–Kier alpha value is -2.31. The molecule has 11 heteroatoms. The van der Waals surface area contributed by atoms with E-state index in [-0.39, 0.29) is 22.4 Å². The summed E-state index contributed by atoms with van der Waals surface area (Å²) in [5.41, 5.74) is 0.415. The van der Waals surface area contributed by atoms with Crippen molar-refractivity contribution in [2.75, 3.05) is 45.1 Å². The zero-order valence-electron chi connectivity index (χ0n) is 20.5. The van der Waals surface area contributed by atoms with Gasteiger partial charge in [-0.25, -0.2) is 16.8 Å². The topological polar surface area (TPSA) is 107 Å². The minimum Gasteiger partial charge on any atom is -0.325 e. The molecule has 0 atom stereocenters. The van der Waals surface area contributed by atoms with Crippen LogP contribution < -0.4 is 5.32 Å². The molecule has 1 N–H and O–H groups in total. The van der Waals surface area contributed by atoms with Crippen LogP contribution in [0.2, 0.25) is 0 Å². The molecule has 1 aliphatic carbocycles. The van der Waals surface area contributed by atoms with Gasteiger partial charge in [0, 0.05) is 37.9 Å². The van der Waals surface area contributed by atoms with Crippen LogP contribution in [0.5, 0.6) is 0 Å². The van der Waals surface area contributed by atoms with Gasteiger partial charge >= 0.3 is 0 Å². The third-order valence-electron chi connectivity index (χ3n) is 6.87. The van der Waals surface area contributed by atoms with E-state index >= 15 is 0 Å². The first-order valence-electron chi connectivity index (χ1n) is 12.3. The highest BCUT2D eigenvalue weighted by Gasteiger charge is 2.34. The number of piperazine rings is 1. The third kappa shape index (κ3) is 6.15. The number of rotatable bonds is 8. The Balaban J connectivity index is 1.46. The molecule has 0 aromatic heterocycles. The van der Waals surface area contributed by atoms with Gasteiger partial charge in [-0.15, -0.1) is 0 Å². The fraction of sp³-hybridized carbons (Fsp3) is 0.480. The lowest BCUT2D eigenvalue weighted by Crippen LogP contribution is -2.47. The summed E-state index contributed by atoms with van der Waals surface area (Å²) in [6.45, 7) is 1.92. The Bertz CT molecular complexity index is 1240. The number of hydrogen-bond acceptors (Lipinski definition) is 6. The molecule has 1 heterocycles. The van der Waals surface area contributed by atoms with Crippen LogP contribution in [0.4, 0.5) is 5.69 Å². The second-order valence-electron chi connectivity index (χ2n) is 9.44. The highest BCUT2D eigenvalue weighted by molar-refractivity contribution is 7.89. The van der Waals surface area contributed by atoms with E-state index in [0.717, 1.165) is 32.1 Å². The second-order valence-corrected chi connectivity index (χ2v) is 13.3. The highest BCUT2D eigenvalue weighted by atomic mass is 32.2. The Morgan fingerprint density at radius 1 is 0.861 bits per heavy atom. The van der Waals surface area contributed by atoms with Crippen molar-refractivity contribution in [3.05, 3.63) is 54.6 Å². The van der Waals surface area contributed by atoms with E-state index in [1.54, 1.807) is 30.3 Å². The molecule has 2 aromatic carbocycles. The normalized spacial score (nSPS) is 18.8. The van der Waals surface area contributed by atoms with Crippen LogP contribution in [-0.2, 0) is 24.8 Å². The smallest absolute Gasteiger partial charge is 0.243 e. The van der Waals surface area contributed by atoms with Crippen molar-refractivity contribution >= 4 is 31.6 Å². The predicted molar refractivity (Wildman–Crippen MR) is 139 cm³/mol. The van der Waals surface area contributed by atoms with Crippen LogP contribution in [0.25, 0.3) is 0 Å². The highest BCUT2D eigenvalue weighted by Crippen LogP contribution is 2.28. The molecule has 4 rings (SSSR count). The number of benzene rings is 2. The minimum absolute atomic E-state index is 0.167. The molecule has 196 valence electrons. The Morgan fingerprint density at radius 3 is 2.08 bits per heavy atom. The summed E-state index contributed by atoms with van der Waals surface area (Å²) in [5.74, 6) is -0.463. The molecule has 0 spiro atoms. The number of carbonyl (C=O) groups is 1. The van der Waals surface area contributed by atoms with Gasteiger partial charge in [-0.3, -0.25) is 4.79 Å². The summed E-state index contributed by atoms with van der Waals surface area (Å²) in [7, 11) is -5.49. The van der Waals surface area contributed by atoms with Crippen LogP contribution in [0, 0.1) is 0 Å². The second kappa shape index (κ2) is 11.4. The average molecular weight is 535 g/mol. The number of carbonyl (C=O) groups excluding carboxylic acids is 1. The van der Waals surface area contributed by atoms with E-state index in [1.165, 1.54) is 32.9 Å². The van der Waals surface area contributed by atoms with Gasteiger partial charge in [0.1, 0.15) is 0 Å². The van der Waals surface area contributed by atoms with Gasteiger partial charge in [0.25, 0.3) is 0 Å². The Morgan fingerprint density at radius 2 is 1.47 bits per heavy atom. The van der Waals surface area contributed by atoms with Crippen LogP contribution >= 0.6 is 0 Å². The van der Waals surface area contributed by atoms with Crippen molar-refractivity contribution in [2.24, 2.45) is 0 Å². The third-order valence-corrected chi connectivity index (χ3v) is 10.7. The molecule has 9 nitrogen and oxygen atoms in total. The van der Waals surface area contributed by atoms with Gasteiger partial charge in [-0.1, -0.05) is 37.5 Å². The molecule has 1 saturated heterocycles. The van der Waals surface area contributed by atoms with E-state index in [2.05, 4.69) is 10.2 Å². The Kier molecular flexibility index (Phi) is 8.46. The lowest BCUT2D eigenvalue weighted by Gasteiger charge is -2.33. The molecule has 0 bridgehead atoms. The Labute approximate surface area is 214 Å². The maximum absolute atomic E-state index is 13.4. The van der Waals surface area contributed by atoms with Crippen LogP contribution in [0.1, 0.15) is 32.1 Å². The number of nitrogens with one attached hydrogen (secondary N) is 1. The molecule has 1 aliphatic heterocycles. The largest absolute Gasteiger partial charge is 0.325 e. The number of sulfonamides is 2. The minimum atomic E-state index is -3.85. The molecule has 2 fully saturated rings. The summed E-state index contributed by atoms with van der Waals surface area (Å²) in [4.78, 5) is 15.4. The summed E-state index contributed by atoms with van der Waals surface area (Å²) in [6.07, 6.45) is 4.36. The van der Waals surface area contributed by atoms with E-state index in [1.807, 2.05) is 7.05 Å². The number of hydrogen-bond donors (Lipinski definition) is 1. The summed E-state index contributed by atoms with van der Waals surface area (Å²) >= 11 is 0. The predicted octanol–water partition coefficient (Wildman–Crippen LogP) is 2.58. The number of amides is 1. The molecule has 0 unspecified atom stereocenters. The zero-order valence-corrected chi connectivity index (χ0v) is 22.2. The van der Waals surface area contributed by atoms with Crippen LogP contribution in [0.3, 0.4) is 0 Å².